The van der Waals surface area contributed by atoms with E-state index >= 15 is 0 Å². The molecule has 0 amide bonds. The summed E-state index contributed by atoms with van der Waals surface area (Å²) in [6.07, 6.45) is 1.88. The number of phenols is 1. The van der Waals surface area contributed by atoms with Gasteiger partial charge in [-0.15, -0.1) is 0 Å². The second kappa shape index (κ2) is 5.95. The Hall–Kier alpha value is -2.49. The van der Waals surface area contributed by atoms with Gasteiger partial charge in [0.05, 0.1) is 19.1 Å². The summed E-state index contributed by atoms with van der Waals surface area (Å²) in [4.78, 5) is 12.6. The summed E-state index contributed by atoms with van der Waals surface area (Å²) in [5, 5.41) is 10.0. The highest BCUT2D eigenvalue weighted by Crippen LogP contribution is 2.36. The molecular formula is C19H20O4. The Morgan fingerprint density at radius 2 is 2.09 bits per heavy atom. The van der Waals surface area contributed by atoms with Crippen molar-refractivity contribution in [2.45, 2.75) is 31.8 Å². The highest BCUT2D eigenvalue weighted by molar-refractivity contribution is 5.99. The predicted molar refractivity (Wildman–Crippen MR) is 87.4 cm³/mol. The average molecular weight is 312 g/mol. The van der Waals surface area contributed by atoms with Crippen LogP contribution in [-0.4, -0.2) is 23.6 Å². The summed E-state index contributed by atoms with van der Waals surface area (Å²) in [7, 11) is 1.52. The van der Waals surface area contributed by atoms with Crippen molar-refractivity contribution in [1.29, 1.82) is 0 Å². The van der Waals surface area contributed by atoms with Gasteiger partial charge in [-0.2, -0.15) is 0 Å². The highest BCUT2D eigenvalue weighted by atomic mass is 16.5. The van der Waals surface area contributed by atoms with Crippen molar-refractivity contribution >= 4 is 5.78 Å². The molecule has 3 rings (SSSR count). The monoisotopic (exact) mass is 312 g/mol. The number of carbonyl (C=O) groups is 1. The van der Waals surface area contributed by atoms with Crippen LogP contribution in [0.25, 0.3) is 0 Å². The third kappa shape index (κ3) is 3.16. The van der Waals surface area contributed by atoms with Crippen LogP contribution in [0, 0.1) is 0 Å². The van der Waals surface area contributed by atoms with E-state index in [9.17, 15) is 9.90 Å². The fraction of sp³-hybridized carbons (Fsp3) is 0.316. The van der Waals surface area contributed by atoms with Crippen LogP contribution in [0.5, 0.6) is 17.2 Å². The third-order valence-electron chi connectivity index (χ3n) is 4.29. The zero-order valence-corrected chi connectivity index (χ0v) is 13.3. The second-order valence-corrected chi connectivity index (χ2v) is 6.14. The smallest absolute Gasteiger partial charge is 0.170 e. The van der Waals surface area contributed by atoms with Crippen LogP contribution in [0.15, 0.2) is 42.5 Å². The van der Waals surface area contributed by atoms with Crippen molar-refractivity contribution in [3.05, 3.63) is 53.6 Å². The van der Waals surface area contributed by atoms with E-state index in [0.29, 0.717) is 11.3 Å². The number of hydrogen-bond acceptors (Lipinski definition) is 4. The minimum absolute atomic E-state index is 0.0610. The maximum Gasteiger partial charge on any atom is 0.170 e. The van der Waals surface area contributed by atoms with Gasteiger partial charge in [0.1, 0.15) is 22.8 Å². The van der Waals surface area contributed by atoms with Crippen molar-refractivity contribution in [2.24, 2.45) is 0 Å². The lowest BCUT2D eigenvalue weighted by Crippen LogP contribution is -2.38. The molecule has 1 heterocycles. The molecule has 0 saturated carbocycles. The van der Waals surface area contributed by atoms with Gasteiger partial charge in [0.25, 0.3) is 0 Å². The summed E-state index contributed by atoms with van der Waals surface area (Å²) in [6, 6.07) is 12.6. The van der Waals surface area contributed by atoms with Gasteiger partial charge < -0.3 is 14.6 Å². The molecule has 1 N–H and O–H groups in total. The van der Waals surface area contributed by atoms with Crippen LogP contribution in [0.2, 0.25) is 0 Å². The molecule has 1 aliphatic heterocycles. The molecule has 0 radical (unpaired) electrons. The number of methoxy groups -OCH3 is 1. The molecule has 2 aromatic rings. The Morgan fingerprint density at radius 1 is 1.30 bits per heavy atom. The topological polar surface area (TPSA) is 55.8 Å². The van der Waals surface area contributed by atoms with E-state index in [-0.39, 0.29) is 18.0 Å². The van der Waals surface area contributed by atoms with Crippen LogP contribution in [0.3, 0.4) is 0 Å². The Labute approximate surface area is 135 Å². The maximum absolute atomic E-state index is 12.6. The fourth-order valence-electron chi connectivity index (χ4n) is 2.96. The normalized spacial score (nSPS) is 19.6. The molecule has 1 aliphatic rings. The molecule has 4 heteroatoms. The minimum atomic E-state index is -0.558. The van der Waals surface area contributed by atoms with Crippen molar-refractivity contribution in [1.82, 2.24) is 0 Å². The number of rotatable bonds is 4. The zero-order valence-electron chi connectivity index (χ0n) is 13.3. The van der Waals surface area contributed by atoms with Crippen LogP contribution < -0.4 is 9.47 Å². The Balaban J connectivity index is 1.78. The molecule has 0 fully saturated rings. The molecule has 120 valence electrons. The lowest BCUT2D eigenvalue weighted by molar-refractivity contribution is 0.0493. The average Bonchev–Trinajstić information content (AvgIpc) is 2.54. The highest BCUT2D eigenvalue weighted by Gasteiger charge is 2.34. The van der Waals surface area contributed by atoms with E-state index in [1.54, 1.807) is 12.1 Å². The number of benzene rings is 2. The first-order valence-electron chi connectivity index (χ1n) is 7.68. The van der Waals surface area contributed by atoms with Crippen molar-refractivity contribution in [2.75, 3.05) is 7.11 Å². The van der Waals surface area contributed by atoms with Crippen molar-refractivity contribution in [3.63, 3.8) is 0 Å². The molecule has 0 spiro atoms. The Bertz CT molecular complexity index is 738. The predicted octanol–water partition coefficient (Wildman–Crippen LogP) is 3.76. The van der Waals surface area contributed by atoms with E-state index < -0.39 is 5.60 Å². The SMILES string of the molecule is COc1ccc(C(=O)CC2(C)CCc3ccccc3O2)c(O)c1. The van der Waals surface area contributed by atoms with Crippen LogP contribution in [0.4, 0.5) is 0 Å². The summed E-state index contributed by atoms with van der Waals surface area (Å²) in [6.45, 7) is 1.95. The molecule has 1 unspecified atom stereocenters. The van der Waals surface area contributed by atoms with Crippen LogP contribution >= 0.6 is 0 Å². The summed E-state index contributed by atoms with van der Waals surface area (Å²) < 4.78 is 11.1. The molecule has 0 saturated heterocycles. The Morgan fingerprint density at radius 3 is 2.83 bits per heavy atom. The zero-order chi connectivity index (χ0) is 16.4. The van der Waals surface area contributed by atoms with Crippen LogP contribution in [-0.2, 0) is 6.42 Å². The Kier molecular flexibility index (Phi) is 3.99. The molecular weight excluding hydrogens is 292 g/mol. The first-order valence-corrected chi connectivity index (χ1v) is 7.68. The van der Waals surface area contributed by atoms with Crippen molar-refractivity contribution in [3.8, 4) is 17.2 Å². The molecule has 0 bridgehead atoms. The number of hydrogen-bond donors (Lipinski definition) is 1. The number of ketones is 1. The van der Waals surface area contributed by atoms with Crippen LogP contribution in [0.1, 0.15) is 35.7 Å². The van der Waals surface area contributed by atoms with Gasteiger partial charge in [0, 0.05) is 6.07 Å². The maximum atomic E-state index is 12.6. The number of Topliss-reactive ketones (excluding diaryl/α,β-unsaturated/α-hetero) is 1. The first-order chi connectivity index (χ1) is 11.0. The van der Waals surface area contributed by atoms with E-state index in [1.807, 2.05) is 31.2 Å². The summed E-state index contributed by atoms with van der Waals surface area (Å²) >= 11 is 0. The van der Waals surface area contributed by atoms with Gasteiger partial charge in [-0.3, -0.25) is 4.79 Å². The van der Waals surface area contributed by atoms with E-state index in [0.717, 1.165) is 18.6 Å². The number of fused-ring (bicyclic) bond motifs is 1. The molecule has 2 aromatic carbocycles. The number of carbonyl (C=O) groups excluding carboxylic acids is 1. The van der Waals surface area contributed by atoms with Gasteiger partial charge in [-0.1, -0.05) is 18.2 Å². The van der Waals surface area contributed by atoms with E-state index in [1.165, 1.54) is 18.7 Å². The van der Waals surface area contributed by atoms with E-state index in [2.05, 4.69) is 0 Å². The van der Waals surface area contributed by atoms with E-state index in [4.69, 9.17) is 9.47 Å². The third-order valence-corrected chi connectivity index (χ3v) is 4.29. The molecule has 23 heavy (non-hydrogen) atoms. The van der Waals surface area contributed by atoms with Gasteiger partial charge in [0.2, 0.25) is 0 Å². The second-order valence-electron chi connectivity index (χ2n) is 6.14. The summed E-state index contributed by atoms with van der Waals surface area (Å²) in [5.74, 6) is 1.17. The lowest BCUT2D eigenvalue weighted by atomic mass is 9.87. The molecule has 1 atom stereocenters. The quantitative estimate of drug-likeness (QED) is 0.873. The number of ether oxygens (including phenoxy) is 2. The lowest BCUT2D eigenvalue weighted by Gasteiger charge is -2.35. The largest absolute Gasteiger partial charge is 0.507 e. The minimum Gasteiger partial charge on any atom is -0.507 e. The van der Waals surface area contributed by atoms with Crippen molar-refractivity contribution < 1.29 is 19.4 Å². The summed E-state index contributed by atoms with van der Waals surface area (Å²) in [5.41, 5.74) is 0.914. The number of para-hydroxylation sites is 1. The molecule has 0 aliphatic carbocycles. The number of phenolic OH excluding ortho intramolecular Hbond substituents is 1. The van der Waals surface area contributed by atoms with Gasteiger partial charge in [-0.05, 0) is 43.5 Å². The standard InChI is InChI=1S/C19H20O4/c1-19(10-9-13-5-3-4-6-18(13)23-19)12-17(21)15-8-7-14(22-2)11-16(15)20/h3-8,11,20H,9-10,12H2,1-2H3. The number of aryl methyl sites for hydroxylation is 1. The molecule has 4 nitrogen and oxygen atoms in total. The van der Waals surface area contributed by atoms with Gasteiger partial charge >= 0.3 is 0 Å². The molecule has 0 aromatic heterocycles. The fourth-order valence-corrected chi connectivity index (χ4v) is 2.96. The first kappa shape index (κ1) is 15.4. The number of aromatic hydroxyl groups is 1. The van der Waals surface area contributed by atoms with Gasteiger partial charge in [-0.25, -0.2) is 0 Å². The van der Waals surface area contributed by atoms with Gasteiger partial charge in [0.15, 0.2) is 5.78 Å².